The van der Waals surface area contributed by atoms with E-state index < -0.39 is 22.8 Å². The van der Waals surface area contributed by atoms with E-state index in [0.29, 0.717) is 5.69 Å². The zero-order chi connectivity index (χ0) is 22.1. The number of aryl methyl sites for hydroxylation is 1. The van der Waals surface area contributed by atoms with Gasteiger partial charge in [0.1, 0.15) is 17.1 Å². The molecule has 1 N–H and O–H groups in total. The smallest absolute Gasteiger partial charge is 0.335 e. The molecule has 154 valence electrons. The summed E-state index contributed by atoms with van der Waals surface area (Å²) in [4.78, 5) is 49.0. The molecule has 0 saturated carbocycles. The van der Waals surface area contributed by atoms with Crippen LogP contribution in [0.5, 0.6) is 0 Å². The van der Waals surface area contributed by atoms with Crippen LogP contribution in [0.3, 0.4) is 0 Å². The van der Waals surface area contributed by atoms with Crippen molar-refractivity contribution in [2.45, 2.75) is 6.92 Å². The number of nitro benzene ring substituents is 1. The van der Waals surface area contributed by atoms with Gasteiger partial charge in [-0.1, -0.05) is 29.8 Å². The van der Waals surface area contributed by atoms with Crippen molar-refractivity contribution >= 4 is 35.3 Å². The molecule has 2 heterocycles. The fourth-order valence-electron chi connectivity index (χ4n) is 3.14. The number of rotatable bonds is 4. The summed E-state index contributed by atoms with van der Waals surface area (Å²) in [6, 6.07) is 14.8. The normalized spacial score (nSPS) is 15.3. The van der Waals surface area contributed by atoms with Crippen molar-refractivity contribution < 1.29 is 23.7 Å². The molecule has 3 aromatic rings. The highest BCUT2D eigenvalue weighted by Gasteiger charge is 2.37. The Morgan fingerprint density at radius 1 is 1.00 bits per heavy atom. The van der Waals surface area contributed by atoms with Crippen LogP contribution in [0.25, 0.3) is 17.4 Å². The van der Waals surface area contributed by atoms with E-state index in [1.165, 1.54) is 36.4 Å². The third-order valence-corrected chi connectivity index (χ3v) is 4.67. The number of nitro groups is 1. The molecule has 1 saturated heterocycles. The molecule has 9 nitrogen and oxygen atoms in total. The van der Waals surface area contributed by atoms with Crippen molar-refractivity contribution in [1.82, 2.24) is 5.32 Å². The third kappa shape index (κ3) is 3.71. The van der Waals surface area contributed by atoms with Gasteiger partial charge in [-0.25, -0.2) is 9.69 Å². The highest BCUT2D eigenvalue weighted by atomic mass is 16.6. The Kier molecular flexibility index (Phi) is 4.92. The minimum atomic E-state index is -0.859. The number of barbiturate groups is 1. The lowest BCUT2D eigenvalue weighted by atomic mass is 10.1. The third-order valence-electron chi connectivity index (χ3n) is 4.67. The number of benzene rings is 2. The fourth-order valence-corrected chi connectivity index (χ4v) is 3.14. The van der Waals surface area contributed by atoms with Gasteiger partial charge in [0.05, 0.1) is 16.2 Å². The molecule has 0 unspecified atom stereocenters. The van der Waals surface area contributed by atoms with E-state index in [-0.39, 0.29) is 28.3 Å². The number of imide groups is 2. The molecule has 9 heteroatoms. The van der Waals surface area contributed by atoms with Crippen LogP contribution in [-0.4, -0.2) is 22.8 Å². The number of nitrogens with one attached hydrogen (secondary N) is 1. The van der Waals surface area contributed by atoms with Crippen LogP contribution in [0, 0.1) is 17.0 Å². The van der Waals surface area contributed by atoms with Gasteiger partial charge in [-0.3, -0.25) is 25.0 Å². The Bertz CT molecular complexity index is 1260. The van der Waals surface area contributed by atoms with Crippen molar-refractivity contribution in [3.8, 4) is 11.3 Å². The first-order chi connectivity index (χ1) is 14.8. The molecule has 0 bridgehead atoms. The second kappa shape index (κ2) is 7.71. The Hall–Kier alpha value is -4.53. The summed E-state index contributed by atoms with van der Waals surface area (Å²) in [5, 5.41) is 13.4. The molecule has 0 spiro atoms. The van der Waals surface area contributed by atoms with E-state index in [4.69, 9.17) is 4.42 Å². The monoisotopic (exact) mass is 417 g/mol. The first-order valence-corrected chi connectivity index (χ1v) is 9.17. The number of furan rings is 1. The van der Waals surface area contributed by atoms with Crippen molar-refractivity contribution in [2.75, 3.05) is 4.90 Å². The first kappa shape index (κ1) is 19.8. The topological polar surface area (TPSA) is 123 Å². The second-order valence-electron chi connectivity index (χ2n) is 6.77. The van der Waals surface area contributed by atoms with Gasteiger partial charge in [-0.15, -0.1) is 0 Å². The number of hydrogen-bond donors (Lipinski definition) is 1. The van der Waals surface area contributed by atoms with Gasteiger partial charge in [-0.05, 0) is 43.3 Å². The predicted octanol–water partition coefficient (Wildman–Crippen LogP) is 3.83. The maximum absolute atomic E-state index is 12.9. The summed E-state index contributed by atoms with van der Waals surface area (Å²) in [6.07, 6.45) is 1.20. The van der Waals surface area contributed by atoms with Crippen LogP contribution < -0.4 is 10.2 Å². The molecule has 0 aliphatic carbocycles. The van der Waals surface area contributed by atoms with Gasteiger partial charge < -0.3 is 4.42 Å². The molecule has 1 aliphatic rings. The molecule has 0 atom stereocenters. The molecule has 2 aromatic carbocycles. The van der Waals surface area contributed by atoms with Crippen molar-refractivity contribution in [1.29, 1.82) is 0 Å². The summed E-state index contributed by atoms with van der Waals surface area (Å²) in [5.74, 6) is -1.33. The molecular weight excluding hydrogens is 402 g/mol. The van der Waals surface area contributed by atoms with Gasteiger partial charge in [0, 0.05) is 6.07 Å². The van der Waals surface area contributed by atoms with Gasteiger partial charge in [0.15, 0.2) is 0 Å². The van der Waals surface area contributed by atoms with Crippen LogP contribution in [0.15, 0.2) is 70.7 Å². The second-order valence-corrected chi connectivity index (χ2v) is 6.77. The summed E-state index contributed by atoms with van der Waals surface area (Å²) < 4.78 is 5.63. The summed E-state index contributed by atoms with van der Waals surface area (Å²) >= 11 is 0. The van der Waals surface area contributed by atoms with Gasteiger partial charge in [-0.2, -0.15) is 0 Å². The average molecular weight is 417 g/mol. The number of para-hydroxylation sites is 1. The zero-order valence-corrected chi connectivity index (χ0v) is 16.2. The number of hydrogen-bond acceptors (Lipinski definition) is 6. The van der Waals surface area contributed by atoms with Crippen LogP contribution in [0.2, 0.25) is 0 Å². The van der Waals surface area contributed by atoms with Crippen molar-refractivity contribution in [2.24, 2.45) is 0 Å². The first-order valence-electron chi connectivity index (χ1n) is 9.17. The molecule has 4 rings (SSSR count). The molecule has 1 fully saturated rings. The van der Waals surface area contributed by atoms with Gasteiger partial charge >= 0.3 is 6.03 Å². The molecule has 31 heavy (non-hydrogen) atoms. The minimum Gasteiger partial charge on any atom is -0.456 e. The lowest BCUT2D eigenvalue weighted by molar-refractivity contribution is -0.384. The maximum Gasteiger partial charge on any atom is 0.335 e. The zero-order valence-electron chi connectivity index (χ0n) is 16.2. The number of carbonyl (C=O) groups is 3. The van der Waals surface area contributed by atoms with Crippen LogP contribution in [0.4, 0.5) is 16.2 Å². The SMILES string of the molecule is Cc1ccc(N2C(=O)NC(=O)C(=Cc3ccc(-c4ccccc4[N+](=O)[O-])o3)C2=O)cc1. The Morgan fingerprint density at radius 2 is 1.71 bits per heavy atom. The minimum absolute atomic E-state index is 0.129. The van der Waals surface area contributed by atoms with E-state index in [2.05, 4.69) is 5.32 Å². The van der Waals surface area contributed by atoms with Gasteiger partial charge in [0.2, 0.25) is 0 Å². The summed E-state index contributed by atoms with van der Waals surface area (Å²) in [7, 11) is 0. The standard InChI is InChI=1S/C22H15N3O6/c1-13-6-8-14(9-7-13)24-21(27)17(20(26)23-22(24)28)12-15-10-11-19(31-15)16-4-2-3-5-18(16)25(29)30/h2-12H,1H3,(H,23,26,28). The van der Waals surface area contributed by atoms with E-state index in [1.54, 1.807) is 30.3 Å². The van der Waals surface area contributed by atoms with E-state index in [1.807, 2.05) is 6.92 Å². The fraction of sp³-hybridized carbons (Fsp3) is 0.0455. The number of urea groups is 1. The lowest BCUT2D eigenvalue weighted by Gasteiger charge is -2.26. The van der Waals surface area contributed by atoms with Gasteiger partial charge in [0.25, 0.3) is 17.5 Å². The van der Waals surface area contributed by atoms with Crippen molar-refractivity contribution in [3.05, 3.63) is 87.7 Å². The largest absolute Gasteiger partial charge is 0.456 e. The predicted molar refractivity (Wildman–Crippen MR) is 111 cm³/mol. The Balaban J connectivity index is 1.69. The number of anilines is 1. The van der Waals surface area contributed by atoms with Crippen LogP contribution in [-0.2, 0) is 9.59 Å². The molecule has 1 aliphatic heterocycles. The highest BCUT2D eigenvalue weighted by Crippen LogP contribution is 2.31. The van der Waals surface area contributed by atoms with E-state index >= 15 is 0 Å². The van der Waals surface area contributed by atoms with Crippen LogP contribution >= 0.6 is 0 Å². The van der Waals surface area contributed by atoms with E-state index in [0.717, 1.165) is 10.5 Å². The Morgan fingerprint density at radius 3 is 2.42 bits per heavy atom. The Labute approximate surface area is 175 Å². The maximum atomic E-state index is 12.9. The van der Waals surface area contributed by atoms with Crippen molar-refractivity contribution in [3.63, 3.8) is 0 Å². The molecule has 1 aromatic heterocycles. The average Bonchev–Trinajstić information content (AvgIpc) is 3.21. The number of amides is 4. The summed E-state index contributed by atoms with van der Waals surface area (Å²) in [5.41, 5.74) is 1.07. The molecule has 4 amide bonds. The number of nitrogens with zero attached hydrogens (tertiary/aromatic N) is 2. The number of carbonyl (C=O) groups excluding carboxylic acids is 3. The van der Waals surface area contributed by atoms with Crippen LogP contribution in [0.1, 0.15) is 11.3 Å². The van der Waals surface area contributed by atoms with E-state index in [9.17, 15) is 24.5 Å². The molecule has 0 radical (unpaired) electrons. The highest BCUT2D eigenvalue weighted by molar-refractivity contribution is 6.39. The lowest BCUT2D eigenvalue weighted by Crippen LogP contribution is -2.54. The molecular formula is C22H15N3O6. The quantitative estimate of drug-likeness (QED) is 0.298. The summed E-state index contributed by atoms with van der Waals surface area (Å²) in [6.45, 7) is 1.86.